The average Bonchev–Trinajstić information content (AvgIpc) is 3.13. The van der Waals surface area contributed by atoms with Gasteiger partial charge in [-0.15, -0.1) is 0 Å². The van der Waals surface area contributed by atoms with Crippen molar-refractivity contribution in [3.05, 3.63) is 71.3 Å². The van der Waals surface area contributed by atoms with Crippen LogP contribution in [0.5, 0.6) is 0 Å². The molecule has 2 N–H and O–H groups in total. The Morgan fingerprint density at radius 1 is 1.00 bits per heavy atom. The monoisotopic (exact) mass is 345 g/mol. The summed E-state index contributed by atoms with van der Waals surface area (Å²) in [5.41, 5.74) is 3.46. The number of amides is 1. The molecule has 1 heterocycles. The minimum Gasteiger partial charge on any atom is -0.273 e. The van der Waals surface area contributed by atoms with Gasteiger partial charge in [-0.1, -0.05) is 67.4 Å². The number of amidine groups is 1. The molecule has 0 saturated heterocycles. The van der Waals surface area contributed by atoms with Crippen LogP contribution in [-0.2, 0) is 11.2 Å². The molecule has 26 heavy (non-hydrogen) atoms. The summed E-state index contributed by atoms with van der Waals surface area (Å²) in [6.07, 6.45) is 5.55. The van der Waals surface area contributed by atoms with Crippen molar-refractivity contribution in [1.82, 2.24) is 5.01 Å². The number of hydrazine groups is 1. The summed E-state index contributed by atoms with van der Waals surface area (Å²) in [5.74, 6) is 6.76. The van der Waals surface area contributed by atoms with E-state index in [0.717, 1.165) is 24.8 Å². The average molecular weight is 345 g/mol. The molecule has 1 amide bonds. The summed E-state index contributed by atoms with van der Waals surface area (Å²) in [6, 6.07) is 18.2. The van der Waals surface area contributed by atoms with Gasteiger partial charge in [-0.2, -0.15) is 0 Å². The third-order valence-electron chi connectivity index (χ3n) is 6.52. The minimum atomic E-state index is -0.141. The Bertz CT molecular complexity index is 883. The smallest absolute Gasteiger partial charge is 0.248 e. The van der Waals surface area contributed by atoms with E-state index in [0.29, 0.717) is 5.84 Å². The summed E-state index contributed by atoms with van der Waals surface area (Å²) in [7, 11) is 0. The molecule has 2 aliphatic carbocycles. The number of benzene rings is 2. The van der Waals surface area contributed by atoms with Crippen LogP contribution >= 0.6 is 0 Å². The molecule has 1 saturated carbocycles. The van der Waals surface area contributed by atoms with Gasteiger partial charge >= 0.3 is 0 Å². The van der Waals surface area contributed by atoms with Gasteiger partial charge in [0.1, 0.15) is 0 Å². The highest BCUT2D eigenvalue weighted by Gasteiger charge is 2.55. The van der Waals surface area contributed by atoms with Gasteiger partial charge in [0.05, 0.1) is 12.0 Å². The van der Waals surface area contributed by atoms with Crippen LogP contribution in [-0.4, -0.2) is 16.8 Å². The van der Waals surface area contributed by atoms with E-state index in [1.54, 1.807) is 0 Å². The van der Waals surface area contributed by atoms with Gasteiger partial charge in [0.2, 0.25) is 5.91 Å². The van der Waals surface area contributed by atoms with Crippen molar-refractivity contribution in [2.24, 2.45) is 22.2 Å². The molecule has 132 valence electrons. The highest BCUT2D eigenvalue weighted by atomic mass is 16.2. The van der Waals surface area contributed by atoms with Gasteiger partial charge in [0.15, 0.2) is 5.84 Å². The molecular weight excluding hydrogens is 322 g/mol. The Morgan fingerprint density at radius 3 is 2.46 bits per heavy atom. The summed E-state index contributed by atoms with van der Waals surface area (Å²) < 4.78 is 0. The van der Waals surface area contributed by atoms with Crippen molar-refractivity contribution in [3.8, 4) is 0 Å². The van der Waals surface area contributed by atoms with Crippen LogP contribution in [0.4, 0.5) is 0 Å². The molecule has 5 rings (SSSR count). The van der Waals surface area contributed by atoms with E-state index in [4.69, 9.17) is 10.8 Å². The van der Waals surface area contributed by atoms with E-state index in [2.05, 4.69) is 24.3 Å². The topological polar surface area (TPSA) is 58.7 Å². The predicted molar refractivity (Wildman–Crippen MR) is 101 cm³/mol. The number of carbonyl (C=O) groups excluding carboxylic acids is 1. The standard InChI is InChI=1S/C22H23N3O/c23-25-20(15-8-2-1-3-9-15)24-19-17-11-5-4-10-16(17)14-22(12-6-7-13-22)18(19)21(25)26/h1-5,8-11,18-19H,6-7,12-14,23H2/t18-,19+/m1/s1. The van der Waals surface area contributed by atoms with Crippen molar-refractivity contribution in [3.63, 3.8) is 0 Å². The number of nitrogens with two attached hydrogens (primary N) is 1. The SMILES string of the molecule is NN1C(=O)[C@H]2[C@@H](N=C1c1ccccc1)c1ccccc1CC21CCCC1. The first-order chi connectivity index (χ1) is 12.7. The lowest BCUT2D eigenvalue weighted by Gasteiger charge is -2.48. The molecule has 0 aromatic heterocycles. The lowest BCUT2D eigenvalue weighted by atomic mass is 9.60. The minimum absolute atomic E-state index is 0.0133. The zero-order chi connectivity index (χ0) is 17.7. The highest BCUT2D eigenvalue weighted by molar-refractivity contribution is 6.10. The Kier molecular flexibility index (Phi) is 3.50. The lowest BCUT2D eigenvalue weighted by Crippen LogP contribution is -2.56. The fourth-order valence-electron chi connectivity index (χ4n) is 5.34. The molecule has 1 aliphatic heterocycles. The molecule has 0 radical (unpaired) electrons. The van der Waals surface area contributed by atoms with Crippen LogP contribution in [0, 0.1) is 11.3 Å². The number of fused-ring (bicyclic) bond motifs is 4. The molecule has 0 bridgehead atoms. The number of rotatable bonds is 1. The normalized spacial score (nSPS) is 26.4. The summed E-state index contributed by atoms with van der Waals surface area (Å²) >= 11 is 0. The van der Waals surface area contributed by atoms with Gasteiger partial charge in [-0.25, -0.2) is 10.9 Å². The quantitative estimate of drug-likeness (QED) is 0.634. The number of aliphatic imine (C=N–C) groups is 1. The van der Waals surface area contributed by atoms with Crippen molar-refractivity contribution in [2.75, 3.05) is 0 Å². The highest BCUT2D eigenvalue weighted by Crippen LogP contribution is 2.57. The van der Waals surface area contributed by atoms with Gasteiger partial charge in [0.25, 0.3) is 0 Å². The molecule has 3 aliphatic rings. The predicted octanol–water partition coefficient (Wildman–Crippen LogP) is 3.62. The molecule has 2 aromatic rings. The zero-order valence-corrected chi connectivity index (χ0v) is 14.8. The van der Waals surface area contributed by atoms with Gasteiger partial charge in [-0.05, 0) is 35.8 Å². The second kappa shape index (κ2) is 5.78. The molecule has 1 spiro atoms. The number of carbonyl (C=O) groups is 1. The van der Waals surface area contributed by atoms with E-state index in [1.165, 1.54) is 29.0 Å². The fraction of sp³-hybridized carbons (Fsp3) is 0.364. The van der Waals surface area contributed by atoms with Crippen molar-refractivity contribution in [1.29, 1.82) is 0 Å². The van der Waals surface area contributed by atoms with Crippen LogP contribution in [0.15, 0.2) is 59.6 Å². The number of hydrogen-bond acceptors (Lipinski definition) is 3. The molecule has 1 fully saturated rings. The molecular formula is C22H23N3O. The first kappa shape index (κ1) is 15.8. The molecule has 0 unspecified atom stereocenters. The summed E-state index contributed by atoms with van der Waals surface area (Å²) in [6.45, 7) is 0. The third kappa shape index (κ3) is 2.18. The van der Waals surface area contributed by atoms with Gasteiger partial charge in [0, 0.05) is 5.56 Å². The van der Waals surface area contributed by atoms with Crippen LogP contribution in [0.1, 0.15) is 48.4 Å². The number of hydrogen-bond donors (Lipinski definition) is 1. The van der Waals surface area contributed by atoms with Crippen molar-refractivity contribution >= 4 is 11.7 Å². The van der Waals surface area contributed by atoms with Crippen LogP contribution in [0.25, 0.3) is 0 Å². The second-order valence-corrected chi connectivity index (χ2v) is 7.89. The maximum absolute atomic E-state index is 13.4. The Morgan fingerprint density at radius 2 is 1.69 bits per heavy atom. The first-order valence-electron chi connectivity index (χ1n) is 9.49. The van der Waals surface area contributed by atoms with Crippen molar-refractivity contribution < 1.29 is 4.79 Å². The Labute approximate surface area is 153 Å². The third-order valence-corrected chi connectivity index (χ3v) is 6.52. The second-order valence-electron chi connectivity index (χ2n) is 7.89. The summed E-state index contributed by atoms with van der Waals surface area (Å²) in [5, 5.41) is 1.31. The van der Waals surface area contributed by atoms with Gasteiger partial charge in [-0.3, -0.25) is 9.79 Å². The summed E-state index contributed by atoms with van der Waals surface area (Å²) in [4.78, 5) is 18.5. The lowest BCUT2D eigenvalue weighted by molar-refractivity contribution is -0.139. The van der Waals surface area contributed by atoms with Crippen LogP contribution in [0.2, 0.25) is 0 Å². The Balaban J connectivity index is 1.71. The van der Waals surface area contributed by atoms with Crippen molar-refractivity contribution in [2.45, 2.75) is 38.1 Å². The molecule has 2 aromatic carbocycles. The van der Waals surface area contributed by atoms with E-state index >= 15 is 0 Å². The van der Waals surface area contributed by atoms with Crippen LogP contribution < -0.4 is 5.84 Å². The van der Waals surface area contributed by atoms with E-state index in [9.17, 15) is 4.79 Å². The van der Waals surface area contributed by atoms with E-state index in [-0.39, 0.29) is 23.3 Å². The maximum atomic E-state index is 13.4. The first-order valence-corrected chi connectivity index (χ1v) is 9.49. The van der Waals surface area contributed by atoms with Gasteiger partial charge < -0.3 is 0 Å². The molecule has 4 nitrogen and oxygen atoms in total. The van der Waals surface area contributed by atoms with E-state index in [1.807, 2.05) is 30.3 Å². The van der Waals surface area contributed by atoms with Crippen LogP contribution in [0.3, 0.4) is 0 Å². The Hall–Kier alpha value is -2.46. The van der Waals surface area contributed by atoms with E-state index < -0.39 is 0 Å². The zero-order valence-electron chi connectivity index (χ0n) is 14.8. The fourth-order valence-corrected chi connectivity index (χ4v) is 5.34. The molecule has 2 atom stereocenters. The number of nitrogens with zero attached hydrogens (tertiary/aromatic N) is 2. The molecule has 4 heteroatoms. The largest absolute Gasteiger partial charge is 0.273 e. The maximum Gasteiger partial charge on any atom is 0.248 e.